The number of aryl methyl sites for hydroxylation is 2. The Morgan fingerprint density at radius 1 is 0.972 bits per heavy atom. The Morgan fingerprint density at radius 3 is 2.53 bits per heavy atom. The number of hydrogen-bond donors (Lipinski definition) is 1. The number of nitrogens with one attached hydrogen (secondary N) is 1. The van der Waals surface area contributed by atoms with Gasteiger partial charge in [-0.15, -0.1) is 0 Å². The molecule has 2 heterocycles. The molecule has 1 N–H and O–H groups in total. The Kier molecular flexibility index (Phi) is 6.46. The summed E-state index contributed by atoms with van der Waals surface area (Å²) in [6, 6.07) is 23.3. The number of piperazine rings is 1. The fraction of sp³-hybridized carbons (Fsp3) is 0.276. The van der Waals surface area contributed by atoms with Crippen LogP contribution in [0.3, 0.4) is 0 Å². The van der Waals surface area contributed by atoms with E-state index in [0.717, 1.165) is 12.1 Å². The highest BCUT2D eigenvalue weighted by atomic mass is 16.2. The number of amides is 1. The van der Waals surface area contributed by atoms with Gasteiger partial charge in [-0.25, -0.2) is 4.79 Å². The number of anilines is 1. The summed E-state index contributed by atoms with van der Waals surface area (Å²) in [6.07, 6.45) is 0.582. The number of hydrogen-bond acceptors (Lipinski definition) is 4. The molecule has 1 fully saturated rings. The first kappa shape index (κ1) is 23.6. The van der Waals surface area contributed by atoms with Crippen LogP contribution in [0.2, 0.25) is 0 Å². The van der Waals surface area contributed by atoms with E-state index in [1.807, 2.05) is 35.2 Å². The van der Waals surface area contributed by atoms with E-state index in [-0.39, 0.29) is 24.1 Å². The van der Waals surface area contributed by atoms with E-state index < -0.39 is 5.69 Å². The van der Waals surface area contributed by atoms with E-state index in [9.17, 15) is 14.4 Å². The molecule has 0 bridgehead atoms. The van der Waals surface area contributed by atoms with Crippen molar-refractivity contribution in [3.05, 3.63) is 110 Å². The maximum absolute atomic E-state index is 13.3. The zero-order valence-corrected chi connectivity index (χ0v) is 20.6. The van der Waals surface area contributed by atoms with E-state index in [0.29, 0.717) is 36.0 Å². The number of fused-ring (bicyclic) bond motifs is 1. The van der Waals surface area contributed by atoms with Gasteiger partial charge in [0.05, 0.1) is 10.9 Å². The van der Waals surface area contributed by atoms with E-state index in [2.05, 4.69) is 48.0 Å². The normalized spacial score (nSPS) is 15.9. The van der Waals surface area contributed by atoms with Crippen LogP contribution in [0.4, 0.5) is 5.69 Å². The van der Waals surface area contributed by atoms with Crippen LogP contribution in [-0.4, -0.2) is 46.0 Å². The number of aromatic amines is 1. The minimum atomic E-state index is -0.464. The third kappa shape index (κ3) is 4.69. The van der Waals surface area contributed by atoms with Gasteiger partial charge < -0.3 is 14.8 Å². The van der Waals surface area contributed by atoms with Crippen molar-refractivity contribution < 1.29 is 4.79 Å². The molecule has 1 atom stereocenters. The first-order valence-corrected chi connectivity index (χ1v) is 12.3. The van der Waals surface area contributed by atoms with Gasteiger partial charge in [0, 0.05) is 43.5 Å². The van der Waals surface area contributed by atoms with Crippen molar-refractivity contribution in [3.63, 3.8) is 0 Å². The number of carbonyl (C=O) groups is 1. The lowest BCUT2D eigenvalue weighted by molar-refractivity contribution is 0.0726. The lowest BCUT2D eigenvalue weighted by Gasteiger charge is -2.41. The summed E-state index contributed by atoms with van der Waals surface area (Å²) in [4.78, 5) is 46.0. The summed E-state index contributed by atoms with van der Waals surface area (Å²) in [5, 5.41) is 0.400. The van der Waals surface area contributed by atoms with E-state index >= 15 is 0 Å². The van der Waals surface area contributed by atoms with Gasteiger partial charge in [-0.05, 0) is 61.7 Å². The quantitative estimate of drug-likeness (QED) is 0.472. The minimum Gasteiger partial charge on any atom is -0.365 e. The number of H-pyrrole nitrogens is 1. The molecule has 0 saturated carbocycles. The van der Waals surface area contributed by atoms with E-state index in [1.54, 1.807) is 18.2 Å². The zero-order valence-electron chi connectivity index (χ0n) is 20.6. The predicted molar refractivity (Wildman–Crippen MR) is 143 cm³/mol. The molecule has 1 amide bonds. The maximum Gasteiger partial charge on any atom is 0.328 e. The Hall–Kier alpha value is -4.13. The van der Waals surface area contributed by atoms with Crippen molar-refractivity contribution in [2.24, 2.45) is 0 Å². The van der Waals surface area contributed by atoms with Crippen molar-refractivity contribution in [2.75, 3.05) is 24.5 Å². The molecule has 1 aliphatic heterocycles. The molecule has 1 unspecified atom stereocenters. The molecule has 184 valence electrons. The van der Waals surface area contributed by atoms with Crippen molar-refractivity contribution in [3.8, 4) is 0 Å². The summed E-state index contributed by atoms with van der Waals surface area (Å²) in [5.74, 6) is -0.0956. The number of rotatable bonds is 5. The Bertz CT molecular complexity index is 1520. The second kappa shape index (κ2) is 9.85. The summed E-state index contributed by atoms with van der Waals surface area (Å²) in [7, 11) is 0. The molecule has 7 heteroatoms. The third-order valence-corrected chi connectivity index (χ3v) is 6.94. The molecule has 3 aromatic carbocycles. The second-order valence-electron chi connectivity index (χ2n) is 9.52. The van der Waals surface area contributed by atoms with Crippen LogP contribution in [-0.2, 0) is 13.0 Å². The zero-order chi connectivity index (χ0) is 25.2. The molecule has 5 rings (SSSR count). The fourth-order valence-corrected chi connectivity index (χ4v) is 4.99. The van der Waals surface area contributed by atoms with Crippen LogP contribution < -0.4 is 16.1 Å². The first-order valence-electron chi connectivity index (χ1n) is 12.3. The minimum absolute atomic E-state index is 0.0956. The molecule has 1 saturated heterocycles. The predicted octanol–water partition coefficient (Wildman–Crippen LogP) is 3.59. The van der Waals surface area contributed by atoms with Crippen molar-refractivity contribution in [2.45, 2.75) is 32.9 Å². The monoisotopic (exact) mass is 482 g/mol. The lowest BCUT2D eigenvalue weighted by Crippen LogP contribution is -2.53. The average molecular weight is 483 g/mol. The van der Waals surface area contributed by atoms with Gasteiger partial charge >= 0.3 is 5.69 Å². The van der Waals surface area contributed by atoms with Gasteiger partial charge in [0.1, 0.15) is 0 Å². The SMILES string of the molecule is Cc1cccc(N2CCN(C(=O)c3ccc4c(=O)n(CCc5ccccc5)c(=O)[nH]c4c3)CC2C)c1. The largest absolute Gasteiger partial charge is 0.365 e. The Morgan fingerprint density at radius 2 is 1.78 bits per heavy atom. The van der Waals surface area contributed by atoms with Crippen LogP contribution in [0.25, 0.3) is 10.9 Å². The number of nitrogens with zero attached hydrogens (tertiary/aromatic N) is 3. The Labute approximate surface area is 209 Å². The Balaban J connectivity index is 1.34. The van der Waals surface area contributed by atoms with Gasteiger partial charge in [0.25, 0.3) is 11.5 Å². The molecule has 0 aliphatic carbocycles. The third-order valence-electron chi connectivity index (χ3n) is 6.94. The van der Waals surface area contributed by atoms with Gasteiger partial charge in [-0.2, -0.15) is 0 Å². The molecule has 4 aromatic rings. The molecule has 36 heavy (non-hydrogen) atoms. The summed E-state index contributed by atoms with van der Waals surface area (Å²) in [5.41, 5.74) is 3.48. The van der Waals surface area contributed by atoms with Gasteiger partial charge in [-0.1, -0.05) is 42.5 Å². The summed E-state index contributed by atoms with van der Waals surface area (Å²) < 4.78 is 1.23. The van der Waals surface area contributed by atoms with Crippen molar-refractivity contribution in [1.29, 1.82) is 0 Å². The summed E-state index contributed by atoms with van der Waals surface area (Å²) in [6.45, 7) is 6.44. The fourth-order valence-electron chi connectivity index (χ4n) is 4.99. The molecular formula is C29H30N4O3. The molecule has 0 radical (unpaired) electrons. The van der Waals surface area contributed by atoms with Crippen LogP contribution in [0.5, 0.6) is 0 Å². The van der Waals surface area contributed by atoms with Crippen molar-refractivity contribution >= 4 is 22.5 Å². The highest BCUT2D eigenvalue weighted by Gasteiger charge is 2.28. The van der Waals surface area contributed by atoms with Crippen LogP contribution >= 0.6 is 0 Å². The standard InChI is InChI=1S/C29H30N4O3/c1-20-7-6-10-24(17-20)32-16-15-31(19-21(32)2)27(34)23-11-12-25-26(18-23)30-29(36)33(28(25)35)14-13-22-8-4-3-5-9-22/h3-12,17-18,21H,13-16,19H2,1-2H3,(H,30,36). The van der Waals surface area contributed by atoms with Crippen LogP contribution in [0.1, 0.15) is 28.4 Å². The van der Waals surface area contributed by atoms with Gasteiger partial charge in [0.2, 0.25) is 0 Å². The number of benzene rings is 3. The van der Waals surface area contributed by atoms with Crippen LogP contribution in [0, 0.1) is 6.92 Å². The van der Waals surface area contributed by atoms with Gasteiger partial charge in [0.15, 0.2) is 0 Å². The highest BCUT2D eigenvalue weighted by Crippen LogP contribution is 2.23. The van der Waals surface area contributed by atoms with E-state index in [4.69, 9.17) is 0 Å². The first-order chi connectivity index (χ1) is 17.4. The van der Waals surface area contributed by atoms with Crippen molar-refractivity contribution in [1.82, 2.24) is 14.5 Å². The highest BCUT2D eigenvalue weighted by molar-refractivity contribution is 5.97. The van der Waals surface area contributed by atoms with E-state index in [1.165, 1.54) is 15.8 Å². The molecule has 7 nitrogen and oxygen atoms in total. The molecule has 1 aliphatic rings. The van der Waals surface area contributed by atoms with Crippen LogP contribution in [0.15, 0.2) is 82.4 Å². The molecular weight excluding hydrogens is 452 g/mol. The molecule has 0 spiro atoms. The number of carbonyl (C=O) groups excluding carboxylic acids is 1. The summed E-state index contributed by atoms with van der Waals surface area (Å²) >= 11 is 0. The second-order valence-corrected chi connectivity index (χ2v) is 9.52. The maximum atomic E-state index is 13.3. The average Bonchev–Trinajstić information content (AvgIpc) is 2.88. The van der Waals surface area contributed by atoms with Gasteiger partial charge in [-0.3, -0.25) is 14.2 Å². The lowest BCUT2D eigenvalue weighted by atomic mass is 10.1. The topological polar surface area (TPSA) is 78.4 Å². The number of aromatic nitrogens is 2. The smallest absolute Gasteiger partial charge is 0.328 e. The molecule has 1 aromatic heterocycles.